The number of benzene rings is 1. The van der Waals surface area contributed by atoms with E-state index in [-0.39, 0.29) is 6.54 Å². The number of carboxylic acids is 1. The van der Waals surface area contributed by atoms with Crippen molar-refractivity contribution in [2.75, 3.05) is 0 Å². The van der Waals surface area contributed by atoms with Crippen LogP contribution in [0, 0.1) is 0 Å². The van der Waals surface area contributed by atoms with Crippen LogP contribution >= 0.6 is 0 Å². The molecule has 20 heavy (non-hydrogen) atoms. The van der Waals surface area contributed by atoms with Crippen LogP contribution in [0.25, 0.3) is 0 Å². The van der Waals surface area contributed by atoms with E-state index in [2.05, 4.69) is 0 Å². The summed E-state index contributed by atoms with van der Waals surface area (Å²) in [5.74, 6) is -2.43. The molecule has 0 fully saturated rings. The van der Waals surface area contributed by atoms with Crippen molar-refractivity contribution in [3.05, 3.63) is 35.9 Å². The summed E-state index contributed by atoms with van der Waals surface area (Å²) in [6.07, 6.45) is -5.96. The molecule has 1 aromatic carbocycles. The average Bonchev–Trinajstić information content (AvgIpc) is 2.33. The first kappa shape index (κ1) is 16.0. The predicted molar refractivity (Wildman–Crippen MR) is 64.8 cm³/mol. The van der Waals surface area contributed by atoms with Gasteiger partial charge in [0.1, 0.15) is 6.04 Å². The Morgan fingerprint density at radius 2 is 1.80 bits per heavy atom. The van der Waals surface area contributed by atoms with Crippen molar-refractivity contribution < 1.29 is 27.9 Å². The first-order valence-corrected chi connectivity index (χ1v) is 5.81. The smallest absolute Gasteiger partial charge is 0.409 e. The second kappa shape index (κ2) is 6.40. The van der Waals surface area contributed by atoms with Crippen molar-refractivity contribution in [1.82, 2.24) is 4.90 Å². The van der Waals surface area contributed by atoms with Crippen LogP contribution in [0.2, 0.25) is 0 Å². The largest absolute Gasteiger partial charge is 0.481 e. The number of aliphatic carboxylic acids is 1. The summed E-state index contributed by atoms with van der Waals surface area (Å²) in [6.45, 7) is 0.706. The highest BCUT2D eigenvalue weighted by Gasteiger charge is 2.45. The van der Waals surface area contributed by atoms with E-state index < -0.39 is 30.5 Å². The molecule has 0 radical (unpaired) electrons. The lowest BCUT2D eigenvalue weighted by atomic mass is 10.1. The Morgan fingerprint density at radius 1 is 1.25 bits per heavy atom. The molecule has 1 unspecified atom stereocenters. The van der Waals surface area contributed by atoms with Crippen molar-refractivity contribution in [2.24, 2.45) is 0 Å². The zero-order chi connectivity index (χ0) is 15.3. The molecule has 0 aromatic heterocycles. The van der Waals surface area contributed by atoms with Gasteiger partial charge >= 0.3 is 12.1 Å². The number of carboxylic acid groups (broad SMARTS) is 1. The second-order valence-corrected chi connectivity index (χ2v) is 4.29. The van der Waals surface area contributed by atoms with Gasteiger partial charge in [0, 0.05) is 13.5 Å². The number of carbonyl (C=O) groups excluding carboxylic acids is 1. The molecule has 0 spiro atoms. The second-order valence-electron chi connectivity index (χ2n) is 4.29. The maximum atomic E-state index is 12.9. The normalized spacial score (nSPS) is 12.8. The Hall–Kier alpha value is -2.05. The molecular weight excluding hydrogens is 275 g/mol. The molecule has 7 heteroatoms. The highest BCUT2D eigenvalue weighted by atomic mass is 19.4. The van der Waals surface area contributed by atoms with Gasteiger partial charge in [-0.05, 0) is 5.56 Å². The average molecular weight is 289 g/mol. The summed E-state index contributed by atoms with van der Waals surface area (Å²) in [5, 5.41) is 8.61. The van der Waals surface area contributed by atoms with Crippen molar-refractivity contribution >= 4 is 11.9 Å². The molecule has 1 amide bonds. The predicted octanol–water partition coefficient (Wildman–Crippen LogP) is 2.44. The van der Waals surface area contributed by atoms with Gasteiger partial charge in [-0.3, -0.25) is 9.59 Å². The fraction of sp³-hybridized carbons (Fsp3) is 0.385. The molecule has 0 aliphatic rings. The molecule has 0 aliphatic carbocycles. The van der Waals surface area contributed by atoms with Gasteiger partial charge in [-0.15, -0.1) is 0 Å². The molecule has 1 rings (SSSR count). The summed E-state index contributed by atoms with van der Waals surface area (Å²) in [5.41, 5.74) is 0.502. The molecule has 0 heterocycles. The monoisotopic (exact) mass is 289 g/mol. The fourth-order valence-electron chi connectivity index (χ4n) is 1.79. The number of nitrogens with zero attached hydrogens (tertiary/aromatic N) is 1. The summed E-state index contributed by atoms with van der Waals surface area (Å²) in [7, 11) is 0. The minimum absolute atomic E-state index is 0.284. The topological polar surface area (TPSA) is 57.6 Å². The molecule has 0 bridgehead atoms. The van der Waals surface area contributed by atoms with Crippen LogP contribution in [0.1, 0.15) is 18.9 Å². The van der Waals surface area contributed by atoms with E-state index in [0.29, 0.717) is 10.5 Å². The Balaban J connectivity index is 3.02. The minimum atomic E-state index is -4.79. The quantitative estimate of drug-likeness (QED) is 0.905. The van der Waals surface area contributed by atoms with E-state index in [4.69, 9.17) is 5.11 Å². The van der Waals surface area contributed by atoms with Crippen LogP contribution in [0.3, 0.4) is 0 Å². The van der Waals surface area contributed by atoms with Crippen molar-refractivity contribution in [3.63, 3.8) is 0 Å². The van der Waals surface area contributed by atoms with Crippen LogP contribution in [0.4, 0.5) is 13.2 Å². The van der Waals surface area contributed by atoms with Gasteiger partial charge in [-0.1, -0.05) is 30.3 Å². The van der Waals surface area contributed by atoms with Crippen LogP contribution < -0.4 is 0 Å². The highest BCUT2D eigenvalue weighted by molar-refractivity contribution is 5.75. The van der Waals surface area contributed by atoms with Gasteiger partial charge in [-0.2, -0.15) is 13.2 Å². The standard InChI is InChI=1S/C13H14F3NO3/c1-9(18)17(8-10-5-3-2-4-6-10)11(7-12(19)20)13(14,15)16/h2-6,11H,7-8H2,1H3,(H,19,20). The van der Waals surface area contributed by atoms with E-state index in [1.807, 2.05) is 0 Å². The molecule has 1 N–H and O–H groups in total. The molecule has 0 aliphatic heterocycles. The number of halogens is 3. The van der Waals surface area contributed by atoms with Crippen LogP contribution in [0.15, 0.2) is 30.3 Å². The van der Waals surface area contributed by atoms with Crippen molar-refractivity contribution in [1.29, 1.82) is 0 Å². The van der Waals surface area contributed by atoms with Crippen molar-refractivity contribution in [2.45, 2.75) is 32.1 Å². The van der Waals surface area contributed by atoms with Gasteiger partial charge in [0.15, 0.2) is 0 Å². The van der Waals surface area contributed by atoms with Crippen LogP contribution in [-0.2, 0) is 16.1 Å². The maximum absolute atomic E-state index is 12.9. The Morgan fingerprint density at radius 3 is 2.20 bits per heavy atom. The fourth-order valence-corrected chi connectivity index (χ4v) is 1.79. The molecule has 0 saturated carbocycles. The first-order chi connectivity index (χ1) is 9.21. The zero-order valence-electron chi connectivity index (χ0n) is 10.7. The van der Waals surface area contributed by atoms with Gasteiger partial charge in [0.2, 0.25) is 5.91 Å². The number of hydrogen-bond donors (Lipinski definition) is 1. The maximum Gasteiger partial charge on any atom is 0.409 e. The zero-order valence-corrected chi connectivity index (χ0v) is 10.7. The summed E-state index contributed by atoms with van der Waals surface area (Å²) >= 11 is 0. The van der Waals surface area contributed by atoms with Crippen LogP contribution in [0.5, 0.6) is 0 Å². The number of carbonyl (C=O) groups is 2. The molecule has 0 saturated heterocycles. The Bertz CT molecular complexity index is 473. The highest BCUT2D eigenvalue weighted by Crippen LogP contribution is 2.28. The van der Waals surface area contributed by atoms with E-state index >= 15 is 0 Å². The number of rotatable bonds is 5. The van der Waals surface area contributed by atoms with Crippen molar-refractivity contribution in [3.8, 4) is 0 Å². The van der Waals surface area contributed by atoms with Gasteiger partial charge < -0.3 is 10.0 Å². The molecule has 110 valence electrons. The first-order valence-electron chi connectivity index (χ1n) is 5.81. The number of alkyl halides is 3. The summed E-state index contributed by atoms with van der Waals surface area (Å²) in [4.78, 5) is 22.6. The third kappa shape index (κ3) is 4.56. The van der Waals surface area contributed by atoms with Gasteiger partial charge in [-0.25, -0.2) is 0 Å². The van der Waals surface area contributed by atoms with Gasteiger partial charge in [0.05, 0.1) is 6.42 Å². The lowest BCUT2D eigenvalue weighted by Gasteiger charge is -2.31. The Labute approximate surface area is 113 Å². The number of amides is 1. The Kier molecular flexibility index (Phi) is 5.12. The molecular formula is C13H14F3NO3. The summed E-state index contributed by atoms with van der Waals surface area (Å²) < 4.78 is 38.8. The summed E-state index contributed by atoms with van der Waals surface area (Å²) in [6, 6.07) is 5.77. The van der Waals surface area contributed by atoms with E-state index in [9.17, 15) is 22.8 Å². The molecule has 1 aromatic rings. The van der Waals surface area contributed by atoms with E-state index in [1.165, 1.54) is 0 Å². The van der Waals surface area contributed by atoms with E-state index in [0.717, 1.165) is 6.92 Å². The van der Waals surface area contributed by atoms with E-state index in [1.54, 1.807) is 30.3 Å². The number of hydrogen-bond acceptors (Lipinski definition) is 2. The minimum Gasteiger partial charge on any atom is -0.481 e. The SMILES string of the molecule is CC(=O)N(Cc1ccccc1)C(CC(=O)O)C(F)(F)F. The molecule has 4 nitrogen and oxygen atoms in total. The molecule has 1 atom stereocenters. The third-order valence-electron chi connectivity index (χ3n) is 2.72. The van der Waals surface area contributed by atoms with Gasteiger partial charge in [0.25, 0.3) is 0 Å². The van der Waals surface area contributed by atoms with Crippen LogP contribution in [-0.4, -0.2) is 34.1 Å². The third-order valence-corrected chi connectivity index (χ3v) is 2.72. The lowest BCUT2D eigenvalue weighted by molar-refractivity contribution is -0.195. The lowest BCUT2D eigenvalue weighted by Crippen LogP contribution is -2.48.